The summed E-state index contributed by atoms with van der Waals surface area (Å²) in [6, 6.07) is 8.25. The molecule has 0 aliphatic carbocycles. The second-order valence-electron chi connectivity index (χ2n) is 3.97. The normalized spacial score (nSPS) is 32.1. The fraction of sp³-hybridized carbons (Fsp3) is 0.500. The van der Waals surface area contributed by atoms with E-state index in [1.807, 2.05) is 17.8 Å². The van der Waals surface area contributed by atoms with E-state index < -0.39 is 0 Å². The van der Waals surface area contributed by atoms with Crippen molar-refractivity contribution in [3.63, 3.8) is 0 Å². The van der Waals surface area contributed by atoms with Crippen LogP contribution in [-0.4, -0.2) is 10.4 Å². The Balaban J connectivity index is 2.42. The van der Waals surface area contributed by atoms with Gasteiger partial charge in [-0.3, -0.25) is 0 Å². The van der Waals surface area contributed by atoms with Crippen LogP contribution in [0.25, 0.3) is 0 Å². The molecular formula is C12H16OS. The minimum atomic E-state index is -0.279. The summed E-state index contributed by atoms with van der Waals surface area (Å²) in [5.41, 5.74) is 2.42. The van der Waals surface area contributed by atoms with Gasteiger partial charge in [-0.15, -0.1) is 0 Å². The van der Waals surface area contributed by atoms with E-state index >= 15 is 0 Å². The number of aliphatic hydroxyl groups is 1. The van der Waals surface area contributed by atoms with Gasteiger partial charge in [-0.2, -0.15) is 11.8 Å². The van der Waals surface area contributed by atoms with Gasteiger partial charge in [0.25, 0.3) is 0 Å². The zero-order valence-corrected chi connectivity index (χ0v) is 9.42. The number of hydrogen-bond donors (Lipinski definition) is 1. The summed E-state index contributed by atoms with van der Waals surface area (Å²) in [6.45, 7) is 4.41. The minimum absolute atomic E-state index is 0.279. The molecule has 1 aliphatic heterocycles. The quantitative estimate of drug-likeness (QED) is 0.706. The Morgan fingerprint density at radius 1 is 1.21 bits per heavy atom. The highest BCUT2D eigenvalue weighted by Gasteiger charge is 2.24. The van der Waals surface area contributed by atoms with E-state index in [1.54, 1.807) is 0 Å². The number of thioether (sulfide) groups is 1. The monoisotopic (exact) mass is 208 g/mol. The van der Waals surface area contributed by atoms with Crippen molar-refractivity contribution >= 4 is 11.8 Å². The molecule has 0 bridgehead atoms. The van der Waals surface area contributed by atoms with Crippen molar-refractivity contribution < 1.29 is 5.11 Å². The lowest BCUT2D eigenvalue weighted by molar-refractivity contribution is 0.168. The van der Waals surface area contributed by atoms with Crippen molar-refractivity contribution in [2.24, 2.45) is 0 Å². The minimum Gasteiger partial charge on any atom is -0.388 e. The maximum atomic E-state index is 10.0. The van der Waals surface area contributed by atoms with Crippen LogP contribution < -0.4 is 0 Å². The van der Waals surface area contributed by atoms with Crippen LogP contribution >= 0.6 is 11.8 Å². The number of hydrogen-bond acceptors (Lipinski definition) is 2. The van der Waals surface area contributed by atoms with Crippen molar-refractivity contribution in [3.05, 3.63) is 35.4 Å². The molecule has 0 aromatic heterocycles. The molecule has 0 radical (unpaired) electrons. The van der Waals surface area contributed by atoms with Crippen LogP contribution in [0.4, 0.5) is 0 Å². The van der Waals surface area contributed by atoms with Crippen molar-refractivity contribution in [2.75, 3.05) is 0 Å². The Morgan fingerprint density at radius 2 is 1.86 bits per heavy atom. The van der Waals surface area contributed by atoms with Gasteiger partial charge in [-0.05, 0) is 24.5 Å². The lowest BCUT2D eigenvalue weighted by atomic mass is 9.98. The summed E-state index contributed by atoms with van der Waals surface area (Å²) in [7, 11) is 0. The van der Waals surface area contributed by atoms with Gasteiger partial charge in [-0.1, -0.05) is 31.2 Å². The molecular weight excluding hydrogens is 192 g/mol. The summed E-state index contributed by atoms with van der Waals surface area (Å²) < 4.78 is 0. The van der Waals surface area contributed by atoms with E-state index in [0.717, 1.165) is 12.0 Å². The third-order valence-corrected chi connectivity index (χ3v) is 4.10. The van der Waals surface area contributed by atoms with Gasteiger partial charge < -0.3 is 5.11 Å². The van der Waals surface area contributed by atoms with Crippen LogP contribution in [0.15, 0.2) is 24.3 Å². The topological polar surface area (TPSA) is 20.2 Å². The average Bonchev–Trinajstić information content (AvgIpc) is 2.26. The summed E-state index contributed by atoms with van der Waals surface area (Å²) in [5.74, 6) is 0. The molecule has 0 fully saturated rings. The van der Waals surface area contributed by atoms with Crippen LogP contribution in [0.1, 0.15) is 42.7 Å². The fourth-order valence-electron chi connectivity index (χ4n) is 2.10. The van der Waals surface area contributed by atoms with E-state index in [0.29, 0.717) is 10.5 Å². The molecule has 1 N–H and O–H groups in total. The summed E-state index contributed by atoms with van der Waals surface area (Å²) in [5, 5.41) is 11.0. The Morgan fingerprint density at radius 3 is 2.57 bits per heavy atom. The molecule has 3 atom stereocenters. The van der Waals surface area contributed by atoms with E-state index in [2.05, 4.69) is 32.0 Å². The molecule has 0 saturated carbocycles. The van der Waals surface area contributed by atoms with Crippen molar-refractivity contribution in [1.82, 2.24) is 0 Å². The first-order chi connectivity index (χ1) is 6.68. The standard InChI is InChI=1S/C12H16OS/c1-8-7-12(13)11-6-4-3-5-10(11)9(2)14-8/h3-6,8-9,12-13H,7H2,1-2H3/t8?,9?,12-/m1/s1. The lowest BCUT2D eigenvalue weighted by Gasteiger charge is -2.13. The highest BCUT2D eigenvalue weighted by Crippen LogP contribution is 2.42. The smallest absolute Gasteiger partial charge is 0.0803 e. The first-order valence-electron chi connectivity index (χ1n) is 5.11. The van der Waals surface area contributed by atoms with Gasteiger partial charge in [-0.25, -0.2) is 0 Å². The Hall–Kier alpha value is -0.470. The van der Waals surface area contributed by atoms with Crippen LogP contribution in [0, 0.1) is 0 Å². The lowest BCUT2D eigenvalue weighted by Crippen LogP contribution is -2.03. The molecule has 1 heterocycles. The van der Waals surface area contributed by atoms with Crippen LogP contribution in [0.2, 0.25) is 0 Å². The second-order valence-corrected chi connectivity index (χ2v) is 5.75. The predicted molar refractivity (Wildman–Crippen MR) is 61.5 cm³/mol. The maximum Gasteiger partial charge on any atom is 0.0803 e. The molecule has 1 nitrogen and oxygen atoms in total. The van der Waals surface area contributed by atoms with Crippen LogP contribution in [-0.2, 0) is 0 Å². The molecule has 0 amide bonds. The fourth-order valence-corrected chi connectivity index (χ4v) is 3.45. The average molecular weight is 208 g/mol. The molecule has 2 heteroatoms. The van der Waals surface area contributed by atoms with E-state index in [9.17, 15) is 5.11 Å². The third kappa shape index (κ3) is 1.82. The summed E-state index contributed by atoms with van der Waals surface area (Å²) in [4.78, 5) is 0. The van der Waals surface area contributed by atoms with Crippen LogP contribution in [0.5, 0.6) is 0 Å². The van der Waals surface area contributed by atoms with Crippen molar-refractivity contribution in [1.29, 1.82) is 0 Å². The van der Waals surface area contributed by atoms with Gasteiger partial charge in [0.1, 0.15) is 0 Å². The molecule has 14 heavy (non-hydrogen) atoms. The molecule has 76 valence electrons. The molecule has 2 unspecified atom stereocenters. The first kappa shape index (κ1) is 10.1. The number of fused-ring (bicyclic) bond motifs is 1. The van der Waals surface area contributed by atoms with Crippen LogP contribution in [0.3, 0.4) is 0 Å². The number of rotatable bonds is 0. The highest BCUT2D eigenvalue weighted by molar-refractivity contribution is 8.00. The predicted octanol–water partition coefficient (Wildman–Crippen LogP) is 3.31. The van der Waals surface area contributed by atoms with E-state index in [-0.39, 0.29) is 6.10 Å². The molecule has 2 rings (SSSR count). The Kier molecular flexibility index (Phi) is 2.84. The molecule has 0 spiro atoms. The second kappa shape index (κ2) is 3.95. The zero-order valence-electron chi connectivity index (χ0n) is 8.60. The number of benzene rings is 1. The Labute approximate surface area is 89.5 Å². The summed E-state index contributed by atoms with van der Waals surface area (Å²) in [6.07, 6.45) is 0.588. The number of aliphatic hydroxyl groups excluding tert-OH is 1. The summed E-state index contributed by atoms with van der Waals surface area (Å²) >= 11 is 1.95. The largest absolute Gasteiger partial charge is 0.388 e. The van der Waals surface area contributed by atoms with Gasteiger partial charge in [0.15, 0.2) is 0 Å². The highest BCUT2D eigenvalue weighted by atomic mass is 32.2. The SMILES string of the molecule is CC1C[C@@H](O)c2ccccc2C(C)S1. The zero-order chi connectivity index (χ0) is 10.1. The van der Waals surface area contributed by atoms with E-state index in [1.165, 1.54) is 5.56 Å². The molecule has 0 saturated heterocycles. The van der Waals surface area contributed by atoms with Gasteiger partial charge in [0.05, 0.1) is 6.10 Å². The first-order valence-corrected chi connectivity index (χ1v) is 6.05. The third-order valence-electron chi connectivity index (χ3n) is 2.78. The molecule has 1 aliphatic rings. The van der Waals surface area contributed by atoms with Gasteiger partial charge in [0, 0.05) is 10.5 Å². The van der Waals surface area contributed by atoms with Gasteiger partial charge in [0.2, 0.25) is 0 Å². The van der Waals surface area contributed by atoms with Gasteiger partial charge >= 0.3 is 0 Å². The maximum absolute atomic E-state index is 10.0. The molecule has 1 aromatic rings. The van der Waals surface area contributed by atoms with Crippen molar-refractivity contribution in [3.8, 4) is 0 Å². The van der Waals surface area contributed by atoms with E-state index in [4.69, 9.17) is 0 Å². The molecule has 1 aromatic carbocycles. The Bertz CT molecular complexity index is 293. The van der Waals surface area contributed by atoms with Crippen molar-refractivity contribution in [2.45, 2.75) is 36.9 Å².